The molecule has 2 N–H and O–H groups in total. The first-order chi connectivity index (χ1) is 10.9. The molecule has 2 aromatic heterocycles. The van der Waals surface area contributed by atoms with Crippen LogP contribution < -0.4 is 5.73 Å². The van der Waals surface area contributed by atoms with E-state index >= 15 is 0 Å². The van der Waals surface area contributed by atoms with E-state index in [1.54, 1.807) is 6.33 Å². The molecule has 2 atom stereocenters. The van der Waals surface area contributed by atoms with Crippen LogP contribution >= 0.6 is 8.03 Å². The summed E-state index contributed by atoms with van der Waals surface area (Å²) in [5.74, 6) is 0.325. The van der Waals surface area contributed by atoms with Crippen molar-refractivity contribution in [3.63, 3.8) is 0 Å². The van der Waals surface area contributed by atoms with Crippen LogP contribution in [0.3, 0.4) is 0 Å². The van der Waals surface area contributed by atoms with Crippen LogP contribution in [-0.4, -0.2) is 44.5 Å². The minimum absolute atomic E-state index is 0.0332. The first-order valence-electron chi connectivity index (χ1n) is 7.54. The zero-order chi connectivity index (χ0) is 17.0. The Morgan fingerprint density at radius 1 is 1.22 bits per heavy atom. The number of nitrogens with zero attached hydrogens (tertiary/aromatic N) is 4. The van der Waals surface area contributed by atoms with Crippen LogP contribution in [0.25, 0.3) is 11.2 Å². The van der Waals surface area contributed by atoms with E-state index < -0.39 is 8.03 Å². The molecule has 0 bridgehead atoms. The molecule has 0 aromatic carbocycles. The molecule has 2 heterocycles. The Hall–Kier alpha value is -1.63. The zero-order valence-electron chi connectivity index (χ0n) is 13.8. The quantitative estimate of drug-likeness (QED) is 0.736. The maximum atomic E-state index is 11.9. The highest BCUT2D eigenvalue weighted by Gasteiger charge is 2.27. The van der Waals surface area contributed by atoms with Crippen molar-refractivity contribution in [2.45, 2.75) is 45.5 Å². The molecule has 0 fully saturated rings. The molecule has 2 rings (SSSR count). The number of aromatic nitrogens is 4. The van der Waals surface area contributed by atoms with Crippen molar-refractivity contribution in [1.29, 1.82) is 0 Å². The van der Waals surface area contributed by atoms with Crippen molar-refractivity contribution < 1.29 is 13.8 Å². The molecule has 1 unspecified atom stereocenters. The number of hydrogen-bond acceptors (Lipinski definition) is 7. The Morgan fingerprint density at radius 2 is 1.96 bits per heavy atom. The van der Waals surface area contributed by atoms with Gasteiger partial charge in [-0.25, -0.2) is 15.0 Å². The van der Waals surface area contributed by atoms with Gasteiger partial charge in [0.05, 0.1) is 25.1 Å². The Bertz CT molecular complexity index is 673. The fraction of sp³-hybridized carbons (Fsp3) is 0.643. The van der Waals surface area contributed by atoms with Crippen LogP contribution in [0.2, 0.25) is 0 Å². The molecular weight excluding hydrogens is 317 g/mol. The number of nitrogens with two attached hydrogens (primary N) is 1. The van der Waals surface area contributed by atoms with E-state index in [4.69, 9.17) is 15.0 Å². The minimum atomic E-state index is -1.72. The average molecular weight is 340 g/mol. The van der Waals surface area contributed by atoms with Crippen LogP contribution in [-0.2, 0) is 13.8 Å². The highest BCUT2D eigenvalue weighted by molar-refractivity contribution is 7.39. The molecule has 0 aliphatic rings. The number of imidazole rings is 1. The van der Waals surface area contributed by atoms with Gasteiger partial charge in [-0.15, -0.1) is 4.52 Å². The maximum Gasteiger partial charge on any atom is 0.510 e. The van der Waals surface area contributed by atoms with Gasteiger partial charge in [-0.05, 0) is 32.3 Å². The molecule has 9 heteroatoms. The van der Waals surface area contributed by atoms with Crippen molar-refractivity contribution in [1.82, 2.24) is 19.5 Å². The Morgan fingerprint density at radius 3 is 2.61 bits per heavy atom. The summed E-state index contributed by atoms with van der Waals surface area (Å²) in [6, 6.07) is -0.200. The summed E-state index contributed by atoms with van der Waals surface area (Å²) in [6.07, 6.45) is 3.10. The third kappa shape index (κ3) is 4.43. The molecule has 126 valence electrons. The second-order valence-electron chi connectivity index (χ2n) is 5.79. The SMILES string of the molecule is CC(C)OC[C@@H](CO[P+](=O)C(C)C)n1cnc2c(N)ncnc21. The molecule has 0 spiro atoms. The van der Waals surface area contributed by atoms with Crippen molar-refractivity contribution in [3.05, 3.63) is 12.7 Å². The highest BCUT2D eigenvalue weighted by Crippen LogP contribution is 2.30. The fourth-order valence-corrected chi connectivity index (χ4v) is 2.58. The first-order valence-corrected chi connectivity index (χ1v) is 8.78. The first kappa shape index (κ1) is 17.7. The fourth-order valence-electron chi connectivity index (χ4n) is 1.96. The Balaban J connectivity index is 2.24. The smallest absolute Gasteiger partial charge is 0.382 e. The number of ether oxygens (including phenoxy) is 1. The molecule has 8 nitrogen and oxygen atoms in total. The van der Waals surface area contributed by atoms with Crippen LogP contribution in [0, 0.1) is 0 Å². The molecule has 0 aliphatic carbocycles. The third-order valence-corrected chi connectivity index (χ3v) is 4.47. The van der Waals surface area contributed by atoms with E-state index in [1.165, 1.54) is 6.33 Å². The Kier molecular flexibility index (Phi) is 5.98. The summed E-state index contributed by atoms with van der Waals surface area (Å²) < 4.78 is 24.9. The van der Waals surface area contributed by atoms with Gasteiger partial charge < -0.3 is 15.0 Å². The van der Waals surface area contributed by atoms with E-state index in [9.17, 15) is 4.57 Å². The summed E-state index contributed by atoms with van der Waals surface area (Å²) in [5, 5.41) is 0. The van der Waals surface area contributed by atoms with Crippen LogP contribution in [0.5, 0.6) is 0 Å². The van der Waals surface area contributed by atoms with Crippen molar-refractivity contribution in [2.75, 3.05) is 18.9 Å². The number of hydrogen-bond donors (Lipinski definition) is 1. The molecular formula is C14H23N5O3P+. The van der Waals surface area contributed by atoms with Gasteiger partial charge in [-0.2, -0.15) is 0 Å². The number of fused-ring (bicyclic) bond motifs is 1. The second kappa shape index (κ2) is 7.77. The largest absolute Gasteiger partial charge is 0.510 e. The summed E-state index contributed by atoms with van der Waals surface area (Å²) in [5.41, 5.74) is 6.93. The lowest BCUT2D eigenvalue weighted by atomic mass is 10.3. The predicted octanol–water partition coefficient (Wildman–Crippen LogP) is 2.54. The number of anilines is 1. The maximum absolute atomic E-state index is 11.9. The van der Waals surface area contributed by atoms with E-state index in [-0.39, 0.29) is 24.4 Å². The van der Waals surface area contributed by atoms with Crippen LogP contribution in [0.4, 0.5) is 5.82 Å². The molecule has 0 saturated heterocycles. The van der Waals surface area contributed by atoms with E-state index in [0.29, 0.717) is 23.6 Å². The standard InChI is InChI=1S/C14H23N5O3P/c1-9(2)21-5-11(6-22-23(20)10(3)4)19-8-18-12-13(15)16-7-17-14(12)19/h7-11H,5-6H2,1-4H3,(H2,15,16,17)/q+1/t11-/m0/s1. The van der Waals surface area contributed by atoms with E-state index in [1.807, 2.05) is 32.3 Å². The number of rotatable bonds is 8. The van der Waals surface area contributed by atoms with Gasteiger partial charge in [-0.1, -0.05) is 0 Å². The van der Waals surface area contributed by atoms with E-state index in [0.717, 1.165) is 0 Å². The van der Waals surface area contributed by atoms with Gasteiger partial charge in [-0.3, -0.25) is 0 Å². The molecule has 0 saturated carbocycles. The average Bonchev–Trinajstić information content (AvgIpc) is 2.92. The van der Waals surface area contributed by atoms with Crippen molar-refractivity contribution in [2.24, 2.45) is 0 Å². The van der Waals surface area contributed by atoms with Crippen molar-refractivity contribution in [3.8, 4) is 0 Å². The molecule has 0 aliphatic heterocycles. The Labute approximate surface area is 136 Å². The van der Waals surface area contributed by atoms with Gasteiger partial charge in [0.15, 0.2) is 17.1 Å². The molecule has 23 heavy (non-hydrogen) atoms. The lowest BCUT2D eigenvalue weighted by molar-refractivity contribution is 0.0428. The predicted molar refractivity (Wildman–Crippen MR) is 88.6 cm³/mol. The third-order valence-electron chi connectivity index (χ3n) is 3.22. The monoisotopic (exact) mass is 340 g/mol. The molecule has 0 radical (unpaired) electrons. The molecule has 0 amide bonds. The van der Waals surface area contributed by atoms with E-state index in [2.05, 4.69) is 15.0 Å². The van der Waals surface area contributed by atoms with Gasteiger partial charge in [0.25, 0.3) is 0 Å². The summed E-state index contributed by atoms with van der Waals surface area (Å²) in [4.78, 5) is 12.4. The zero-order valence-corrected chi connectivity index (χ0v) is 14.7. The lowest BCUT2D eigenvalue weighted by Gasteiger charge is -2.18. The second-order valence-corrected chi connectivity index (χ2v) is 7.66. The number of nitrogen functional groups attached to an aromatic ring is 1. The van der Waals surface area contributed by atoms with Gasteiger partial charge in [0.1, 0.15) is 18.5 Å². The van der Waals surface area contributed by atoms with Crippen LogP contribution in [0.15, 0.2) is 12.7 Å². The van der Waals surface area contributed by atoms with Gasteiger partial charge in [0, 0.05) is 0 Å². The molecule has 2 aromatic rings. The topological polar surface area (TPSA) is 105 Å². The van der Waals surface area contributed by atoms with Gasteiger partial charge >= 0.3 is 8.03 Å². The highest BCUT2D eigenvalue weighted by atomic mass is 31.1. The van der Waals surface area contributed by atoms with Gasteiger partial charge in [0.2, 0.25) is 0 Å². The van der Waals surface area contributed by atoms with Crippen LogP contribution in [0.1, 0.15) is 33.7 Å². The summed E-state index contributed by atoms with van der Waals surface area (Å²) >= 11 is 0. The summed E-state index contributed by atoms with van der Waals surface area (Å²) in [6.45, 7) is 8.28. The summed E-state index contributed by atoms with van der Waals surface area (Å²) in [7, 11) is -1.72. The lowest BCUT2D eigenvalue weighted by Crippen LogP contribution is -2.22. The minimum Gasteiger partial charge on any atom is -0.382 e. The van der Waals surface area contributed by atoms with Crippen molar-refractivity contribution >= 4 is 25.0 Å². The normalized spacial score (nSPS) is 13.9.